The highest BCUT2D eigenvalue weighted by Gasteiger charge is 2.12. The molecule has 0 saturated heterocycles. The third kappa shape index (κ3) is 3.01. The summed E-state index contributed by atoms with van der Waals surface area (Å²) >= 11 is 0. The number of tetrazole rings is 1. The lowest BCUT2D eigenvalue weighted by atomic mass is 10.1. The van der Waals surface area contributed by atoms with Crippen molar-refractivity contribution in [3.05, 3.63) is 45.4 Å². The summed E-state index contributed by atoms with van der Waals surface area (Å²) in [6.07, 6.45) is 1.44. The van der Waals surface area contributed by atoms with Crippen molar-refractivity contribution in [2.24, 2.45) is 0 Å². The van der Waals surface area contributed by atoms with E-state index in [2.05, 4.69) is 25.9 Å². The van der Waals surface area contributed by atoms with E-state index in [9.17, 15) is 10.1 Å². The third-order valence-corrected chi connectivity index (χ3v) is 2.80. The first kappa shape index (κ1) is 14.1. The second-order valence-electron chi connectivity index (χ2n) is 4.26. The molecule has 2 rings (SSSR count). The number of aromatic amines is 1. The Morgan fingerprint density at radius 2 is 2.14 bits per heavy atom. The Morgan fingerprint density at radius 1 is 1.48 bits per heavy atom. The fraction of sp³-hybridized carbons (Fsp3) is 0.167. The van der Waals surface area contributed by atoms with Gasteiger partial charge in [-0.2, -0.15) is 10.5 Å². The number of nitrogens with zero attached hydrogens (tertiary/aromatic N) is 5. The zero-order chi connectivity index (χ0) is 15.4. The Labute approximate surface area is 119 Å². The molecule has 0 atom stereocenters. The molecule has 0 aliphatic heterocycles. The van der Waals surface area contributed by atoms with Crippen LogP contribution >= 0.6 is 0 Å². The van der Waals surface area contributed by atoms with Crippen LogP contribution in [0.5, 0.6) is 0 Å². The number of allylic oxidation sites excluding steroid dienone is 1. The molecular formula is C12H11N7O2. The van der Waals surface area contributed by atoms with Gasteiger partial charge in [-0.1, -0.05) is 0 Å². The summed E-state index contributed by atoms with van der Waals surface area (Å²) in [5.74, 6) is 0.169. The van der Waals surface area contributed by atoms with E-state index in [1.54, 1.807) is 13.8 Å². The average Bonchev–Trinajstić information content (AvgIpc) is 2.95. The van der Waals surface area contributed by atoms with Gasteiger partial charge in [-0.25, -0.2) is 0 Å². The zero-order valence-corrected chi connectivity index (χ0v) is 11.3. The van der Waals surface area contributed by atoms with Crippen LogP contribution in [0.2, 0.25) is 0 Å². The number of H-pyrrole nitrogens is 1. The van der Waals surface area contributed by atoms with Gasteiger partial charge < -0.3 is 5.32 Å². The minimum atomic E-state index is -0.445. The van der Waals surface area contributed by atoms with Crippen LogP contribution in [0.15, 0.2) is 18.3 Å². The molecule has 9 heteroatoms. The highest BCUT2D eigenvalue weighted by molar-refractivity contribution is 5.75. The molecule has 106 valence electrons. The van der Waals surface area contributed by atoms with Crippen molar-refractivity contribution in [1.82, 2.24) is 20.6 Å². The van der Waals surface area contributed by atoms with Crippen molar-refractivity contribution in [3.8, 4) is 6.07 Å². The highest BCUT2D eigenvalue weighted by atomic mass is 16.6. The van der Waals surface area contributed by atoms with Crippen LogP contribution in [0.1, 0.15) is 17.0 Å². The number of nitro groups is 1. The molecule has 0 amide bonds. The molecule has 0 saturated carbocycles. The number of hydrogen-bond acceptors (Lipinski definition) is 7. The van der Waals surface area contributed by atoms with Crippen LogP contribution in [-0.4, -0.2) is 25.5 Å². The van der Waals surface area contributed by atoms with Crippen molar-refractivity contribution in [2.45, 2.75) is 13.8 Å². The van der Waals surface area contributed by atoms with Gasteiger partial charge in [-0.05, 0) is 30.2 Å². The molecule has 1 heterocycles. The summed E-state index contributed by atoms with van der Waals surface area (Å²) in [5, 5.41) is 35.9. The molecule has 21 heavy (non-hydrogen) atoms. The smallest absolute Gasteiger partial charge is 0.270 e. The van der Waals surface area contributed by atoms with Gasteiger partial charge in [-0.15, -0.1) is 10.2 Å². The van der Waals surface area contributed by atoms with Gasteiger partial charge in [0, 0.05) is 24.0 Å². The molecule has 0 fully saturated rings. The molecule has 0 aliphatic rings. The molecule has 0 radical (unpaired) electrons. The van der Waals surface area contributed by atoms with Gasteiger partial charge in [0.1, 0.15) is 11.6 Å². The van der Waals surface area contributed by atoms with Gasteiger partial charge in [0.05, 0.1) is 4.92 Å². The minimum Gasteiger partial charge on any atom is -0.360 e. The first-order valence-electron chi connectivity index (χ1n) is 5.89. The molecule has 1 aromatic carbocycles. The predicted octanol–water partition coefficient (Wildman–Crippen LogP) is 1.70. The molecule has 0 aliphatic carbocycles. The van der Waals surface area contributed by atoms with Crippen molar-refractivity contribution in [2.75, 3.05) is 5.32 Å². The van der Waals surface area contributed by atoms with Gasteiger partial charge in [0.2, 0.25) is 5.82 Å². The number of nitriles is 1. The lowest BCUT2D eigenvalue weighted by Crippen LogP contribution is -1.99. The van der Waals surface area contributed by atoms with E-state index in [0.717, 1.165) is 0 Å². The van der Waals surface area contributed by atoms with E-state index in [-0.39, 0.29) is 17.1 Å². The fourth-order valence-corrected chi connectivity index (χ4v) is 1.84. The van der Waals surface area contributed by atoms with Crippen LogP contribution in [0.25, 0.3) is 5.57 Å². The molecule has 2 aromatic rings. The first-order chi connectivity index (χ1) is 10.0. The SMILES string of the molecule is Cc1cc([N+](=O)[O-])cc(C)c1NC=C(C#N)c1nn[nH]n1. The van der Waals surface area contributed by atoms with Gasteiger partial charge in [0.15, 0.2) is 0 Å². The topological polar surface area (TPSA) is 133 Å². The Hall–Kier alpha value is -3.28. The lowest BCUT2D eigenvalue weighted by molar-refractivity contribution is -0.384. The number of hydrogen-bond donors (Lipinski definition) is 2. The fourth-order valence-electron chi connectivity index (χ4n) is 1.84. The van der Waals surface area contributed by atoms with Gasteiger partial charge in [-0.3, -0.25) is 10.1 Å². The zero-order valence-electron chi connectivity index (χ0n) is 11.3. The Balaban J connectivity index is 2.32. The maximum atomic E-state index is 10.8. The van der Waals surface area contributed by atoms with Crippen molar-refractivity contribution in [1.29, 1.82) is 5.26 Å². The predicted molar refractivity (Wildman–Crippen MR) is 74.0 cm³/mol. The molecule has 1 aromatic heterocycles. The van der Waals surface area contributed by atoms with E-state index in [4.69, 9.17) is 5.26 Å². The molecule has 2 N–H and O–H groups in total. The normalized spacial score (nSPS) is 11.0. The number of rotatable bonds is 4. The lowest BCUT2D eigenvalue weighted by Gasteiger charge is -2.09. The maximum Gasteiger partial charge on any atom is 0.270 e. The molecule has 0 bridgehead atoms. The number of nitro benzene ring substituents is 1. The number of aromatic nitrogens is 4. The third-order valence-electron chi connectivity index (χ3n) is 2.80. The Kier molecular flexibility index (Phi) is 3.90. The Morgan fingerprint density at radius 3 is 2.62 bits per heavy atom. The van der Waals surface area contributed by atoms with E-state index in [1.165, 1.54) is 18.3 Å². The van der Waals surface area contributed by atoms with Crippen LogP contribution in [0, 0.1) is 35.3 Å². The van der Waals surface area contributed by atoms with Gasteiger partial charge >= 0.3 is 0 Å². The maximum absolute atomic E-state index is 10.8. The van der Waals surface area contributed by atoms with Crippen molar-refractivity contribution < 1.29 is 4.92 Å². The van der Waals surface area contributed by atoms with E-state index in [0.29, 0.717) is 16.8 Å². The van der Waals surface area contributed by atoms with Crippen molar-refractivity contribution >= 4 is 16.9 Å². The summed E-state index contributed by atoms with van der Waals surface area (Å²) in [5.41, 5.74) is 2.31. The minimum absolute atomic E-state index is 0.0261. The number of nitrogens with one attached hydrogen (secondary N) is 2. The quantitative estimate of drug-likeness (QED) is 0.496. The van der Waals surface area contributed by atoms with E-state index >= 15 is 0 Å². The van der Waals surface area contributed by atoms with Crippen LogP contribution in [0.3, 0.4) is 0 Å². The molecule has 9 nitrogen and oxygen atoms in total. The number of anilines is 1. The average molecular weight is 285 g/mol. The number of benzene rings is 1. The second kappa shape index (κ2) is 5.79. The van der Waals surface area contributed by atoms with E-state index < -0.39 is 4.92 Å². The largest absolute Gasteiger partial charge is 0.360 e. The molecule has 0 spiro atoms. The molecular weight excluding hydrogens is 274 g/mol. The molecule has 0 unspecified atom stereocenters. The van der Waals surface area contributed by atoms with Crippen LogP contribution in [-0.2, 0) is 0 Å². The van der Waals surface area contributed by atoms with E-state index in [1.807, 2.05) is 6.07 Å². The van der Waals surface area contributed by atoms with Crippen LogP contribution in [0.4, 0.5) is 11.4 Å². The summed E-state index contributed by atoms with van der Waals surface area (Å²) < 4.78 is 0. The summed E-state index contributed by atoms with van der Waals surface area (Å²) in [7, 11) is 0. The summed E-state index contributed by atoms with van der Waals surface area (Å²) in [6.45, 7) is 3.49. The number of aryl methyl sites for hydroxylation is 2. The second-order valence-corrected chi connectivity index (χ2v) is 4.26. The van der Waals surface area contributed by atoms with Gasteiger partial charge in [0.25, 0.3) is 5.69 Å². The number of non-ortho nitro benzene ring substituents is 1. The summed E-state index contributed by atoms with van der Waals surface area (Å²) in [6, 6.07) is 4.87. The van der Waals surface area contributed by atoms with Crippen LogP contribution < -0.4 is 5.32 Å². The first-order valence-corrected chi connectivity index (χ1v) is 5.89. The monoisotopic (exact) mass is 285 g/mol. The van der Waals surface area contributed by atoms with Crippen molar-refractivity contribution in [3.63, 3.8) is 0 Å². The summed E-state index contributed by atoms with van der Waals surface area (Å²) in [4.78, 5) is 10.3. The Bertz CT molecular complexity index is 720. The highest BCUT2D eigenvalue weighted by Crippen LogP contribution is 2.26. The standard InChI is InChI=1S/C12H11N7O2/c1-7-3-10(19(20)21)4-8(2)11(7)14-6-9(5-13)12-15-17-18-16-12/h3-4,6,14H,1-2H3,(H,15,16,17,18).